The van der Waals surface area contributed by atoms with E-state index in [-0.39, 0.29) is 34.3 Å². The van der Waals surface area contributed by atoms with Crippen LogP contribution in [0.1, 0.15) is 0 Å². The zero-order valence-corrected chi connectivity index (χ0v) is 3.94. The second kappa shape index (κ2) is 5.75. The summed E-state index contributed by atoms with van der Waals surface area (Å²) in [6, 6.07) is 0. The summed E-state index contributed by atoms with van der Waals surface area (Å²) in [5.41, 5.74) is 4.71. The summed E-state index contributed by atoms with van der Waals surface area (Å²) in [4.78, 5) is 0. The Morgan fingerprint density at radius 1 is 1.83 bits per heavy atom. The fourth-order valence-corrected chi connectivity index (χ4v) is 0. The second-order valence-electron chi connectivity index (χ2n) is 0.423. The molecular formula is CH4BrN2NaO. The van der Waals surface area contributed by atoms with Crippen LogP contribution in [0, 0.1) is 0 Å². The molecule has 0 spiro atoms. The molecule has 0 rings (SSSR count). The fourth-order valence-electron chi connectivity index (χ4n) is 0. The molecular weight excluding hydrogens is 159 g/mol. The normalized spacial score (nSPS) is 9.83. The minimum atomic E-state index is -0.00231. The molecule has 0 aliphatic rings. The summed E-state index contributed by atoms with van der Waals surface area (Å²) in [5, 5.41) is 10.1. The molecule has 0 bridgehead atoms. The van der Waals surface area contributed by atoms with E-state index >= 15 is 0 Å². The third kappa shape index (κ3) is 8.83. The van der Waals surface area contributed by atoms with Crippen LogP contribution in [0.4, 0.5) is 0 Å². The molecule has 3 N–H and O–H groups in total. The van der Waals surface area contributed by atoms with Gasteiger partial charge in [-0.2, -0.15) is 0 Å². The van der Waals surface area contributed by atoms with E-state index in [4.69, 9.17) is 10.9 Å². The molecule has 0 aromatic heterocycles. The maximum atomic E-state index is 7.56. The molecule has 0 heterocycles. The van der Waals surface area contributed by atoms with Crippen LogP contribution in [-0.4, -0.2) is 39.5 Å². The van der Waals surface area contributed by atoms with Crippen molar-refractivity contribution in [2.75, 3.05) is 0 Å². The number of oxime groups is 1. The molecule has 3 nitrogen and oxygen atoms in total. The summed E-state index contributed by atoms with van der Waals surface area (Å²) < 4.78 is -0.00231. The molecule has 0 unspecified atom stereocenters. The number of hydrogen-bond acceptors (Lipinski definition) is 2. The van der Waals surface area contributed by atoms with E-state index in [2.05, 4.69) is 21.1 Å². The topological polar surface area (TPSA) is 58.6 Å². The molecule has 0 aliphatic carbocycles. The van der Waals surface area contributed by atoms with Crippen molar-refractivity contribution in [3.05, 3.63) is 0 Å². The van der Waals surface area contributed by atoms with E-state index in [0.717, 1.165) is 0 Å². The van der Waals surface area contributed by atoms with Crippen molar-refractivity contribution in [1.82, 2.24) is 0 Å². The number of nitrogens with zero attached hydrogens (tertiary/aromatic N) is 1. The van der Waals surface area contributed by atoms with Crippen LogP contribution in [0.3, 0.4) is 0 Å². The standard InChI is InChI=1S/CH3BrN2O.Na.H/c2-1(3)4-5;;/h5H,(H2,3,4);;. The van der Waals surface area contributed by atoms with Gasteiger partial charge >= 0.3 is 29.6 Å². The number of hydrogen-bond donors (Lipinski definition) is 2. The number of halogens is 1. The third-order valence-corrected chi connectivity index (χ3v) is 0.254. The summed E-state index contributed by atoms with van der Waals surface area (Å²) in [5.74, 6) is 0. The monoisotopic (exact) mass is 162 g/mol. The molecule has 0 saturated heterocycles. The number of amidine groups is 1. The van der Waals surface area contributed by atoms with E-state index in [1.807, 2.05) is 0 Å². The molecule has 0 fully saturated rings. The molecule has 32 valence electrons. The maximum absolute atomic E-state index is 7.56. The van der Waals surface area contributed by atoms with Crippen molar-refractivity contribution >= 4 is 50.2 Å². The van der Waals surface area contributed by atoms with Gasteiger partial charge in [-0.3, -0.25) is 0 Å². The zero-order chi connectivity index (χ0) is 4.28. The average Bonchev–Trinajstić information content (AvgIpc) is 1.38. The van der Waals surface area contributed by atoms with Crippen LogP contribution in [0.25, 0.3) is 0 Å². The summed E-state index contributed by atoms with van der Waals surface area (Å²) >= 11 is 2.65. The summed E-state index contributed by atoms with van der Waals surface area (Å²) in [7, 11) is 0. The van der Waals surface area contributed by atoms with Gasteiger partial charge in [0.15, 0.2) is 0 Å². The molecule has 0 aliphatic heterocycles. The van der Waals surface area contributed by atoms with Crippen LogP contribution in [0.5, 0.6) is 0 Å². The van der Waals surface area contributed by atoms with Crippen LogP contribution in [0.15, 0.2) is 5.16 Å². The molecule has 0 saturated carbocycles. The van der Waals surface area contributed by atoms with Gasteiger partial charge in [-0.05, 0) is 15.9 Å². The van der Waals surface area contributed by atoms with Gasteiger partial charge in [-0.15, -0.1) is 0 Å². The SMILES string of the molecule is NC(Br)=NO.[NaH]. The minimum absolute atomic E-state index is 0. The van der Waals surface area contributed by atoms with Gasteiger partial charge in [0.25, 0.3) is 0 Å². The van der Waals surface area contributed by atoms with E-state index in [1.54, 1.807) is 0 Å². The van der Waals surface area contributed by atoms with E-state index < -0.39 is 0 Å². The second-order valence-corrected chi connectivity index (χ2v) is 1.24. The Morgan fingerprint density at radius 3 is 2.00 bits per heavy atom. The van der Waals surface area contributed by atoms with Crippen LogP contribution in [-0.2, 0) is 0 Å². The van der Waals surface area contributed by atoms with Gasteiger partial charge < -0.3 is 10.9 Å². The Bertz CT molecular complexity index is 51.5. The Morgan fingerprint density at radius 2 is 2.00 bits per heavy atom. The molecule has 0 radical (unpaired) electrons. The van der Waals surface area contributed by atoms with Crippen LogP contribution < -0.4 is 5.73 Å². The van der Waals surface area contributed by atoms with Gasteiger partial charge in [0.1, 0.15) is 0 Å². The van der Waals surface area contributed by atoms with Crippen molar-refractivity contribution in [2.24, 2.45) is 10.9 Å². The average molecular weight is 163 g/mol. The first kappa shape index (κ1) is 9.89. The predicted molar refractivity (Wildman–Crippen MR) is 29.5 cm³/mol. The van der Waals surface area contributed by atoms with Crippen molar-refractivity contribution in [1.29, 1.82) is 0 Å². The number of rotatable bonds is 0. The van der Waals surface area contributed by atoms with Gasteiger partial charge in [-0.25, -0.2) is 0 Å². The molecule has 0 aromatic rings. The fraction of sp³-hybridized carbons (Fsp3) is 0. The molecule has 5 heteroatoms. The van der Waals surface area contributed by atoms with Crippen LogP contribution >= 0.6 is 15.9 Å². The first-order chi connectivity index (χ1) is 2.27. The summed E-state index contributed by atoms with van der Waals surface area (Å²) in [6.07, 6.45) is 0. The van der Waals surface area contributed by atoms with E-state index in [9.17, 15) is 0 Å². The van der Waals surface area contributed by atoms with Crippen molar-refractivity contribution in [3.8, 4) is 0 Å². The molecule has 6 heavy (non-hydrogen) atoms. The zero-order valence-electron chi connectivity index (χ0n) is 2.35. The van der Waals surface area contributed by atoms with Crippen molar-refractivity contribution < 1.29 is 5.21 Å². The third-order valence-electron chi connectivity index (χ3n) is 0.0955. The first-order valence-corrected chi connectivity index (χ1v) is 1.69. The number of nitrogens with two attached hydrogens (primary N) is 1. The Kier molecular flexibility index (Phi) is 9.48. The quantitative estimate of drug-likeness (QED) is 0.125. The summed E-state index contributed by atoms with van der Waals surface area (Å²) in [6.45, 7) is 0. The molecule has 0 atom stereocenters. The Labute approximate surface area is 66.0 Å². The first-order valence-electron chi connectivity index (χ1n) is 0.901. The van der Waals surface area contributed by atoms with Gasteiger partial charge in [0, 0.05) is 0 Å². The van der Waals surface area contributed by atoms with Gasteiger partial charge in [0.2, 0.25) is 4.74 Å². The van der Waals surface area contributed by atoms with E-state index in [0.29, 0.717) is 0 Å². The Hall–Kier alpha value is 0.750. The van der Waals surface area contributed by atoms with Crippen LogP contribution in [0.2, 0.25) is 0 Å². The van der Waals surface area contributed by atoms with Gasteiger partial charge in [-0.1, -0.05) is 5.16 Å². The van der Waals surface area contributed by atoms with E-state index in [1.165, 1.54) is 0 Å². The van der Waals surface area contributed by atoms with Gasteiger partial charge in [0.05, 0.1) is 0 Å². The molecule has 0 amide bonds. The van der Waals surface area contributed by atoms with Crippen molar-refractivity contribution in [2.45, 2.75) is 0 Å². The molecule has 0 aromatic carbocycles. The predicted octanol–water partition coefficient (Wildman–Crippen LogP) is -0.563. The van der Waals surface area contributed by atoms with Crippen molar-refractivity contribution in [3.63, 3.8) is 0 Å². The Balaban J connectivity index is 0.